The maximum absolute atomic E-state index is 12.4. The van der Waals surface area contributed by atoms with Crippen LogP contribution in [0, 0.1) is 0 Å². The summed E-state index contributed by atoms with van der Waals surface area (Å²) in [5.41, 5.74) is 1.52. The third kappa shape index (κ3) is 3.70. The molecule has 0 aliphatic rings. The maximum Gasteiger partial charge on any atom is 0.145 e. The molecule has 1 unspecified atom stereocenters. The van der Waals surface area contributed by atoms with Crippen molar-refractivity contribution in [1.29, 1.82) is 0 Å². The largest absolute Gasteiger partial charge is 0.317 e. The number of aromatic nitrogens is 6. The zero-order chi connectivity index (χ0) is 17.1. The number of aryl methyl sites for hydroxylation is 1. The number of benzene rings is 1. The van der Waals surface area contributed by atoms with Crippen molar-refractivity contribution < 1.29 is 4.21 Å². The fraction of sp³-hybridized carbons (Fsp3) is 0.333. The molecule has 3 rings (SSSR count). The zero-order valence-corrected chi connectivity index (χ0v) is 15.0. The van der Waals surface area contributed by atoms with Crippen LogP contribution in [0.1, 0.15) is 24.3 Å². The van der Waals surface area contributed by atoms with Crippen LogP contribution in [0.4, 0.5) is 0 Å². The average Bonchev–Trinajstić information content (AvgIpc) is 3.16. The van der Waals surface area contributed by atoms with E-state index in [9.17, 15) is 4.21 Å². The van der Waals surface area contributed by atoms with E-state index in [1.165, 1.54) is 0 Å². The van der Waals surface area contributed by atoms with Crippen molar-refractivity contribution in [2.45, 2.75) is 24.9 Å². The van der Waals surface area contributed by atoms with Crippen LogP contribution in [0.15, 0.2) is 30.5 Å². The van der Waals surface area contributed by atoms with E-state index in [1.54, 1.807) is 23.0 Å². The van der Waals surface area contributed by atoms with Crippen molar-refractivity contribution in [2.24, 2.45) is 7.05 Å². The zero-order valence-electron chi connectivity index (χ0n) is 13.4. The predicted octanol–water partition coefficient (Wildman–Crippen LogP) is 2.06. The summed E-state index contributed by atoms with van der Waals surface area (Å²) < 4.78 is 15.9. The van der Waals surface area contributed by atoms with Gasteiger partial charge in [-0.2, -0.15) is 0 Å². The Morgan fingerprint density at radius 1 is 1.08 bits per heavy atom. The lowest BCUT2D eigenvalue weighted by Gasteiger charge is -2.02. The summed E-state index contributed by atoms with van der Waals surface area (Å²) in [5.74, 6) is 2.27. The highest BCUT2D eigenvalue weighted by Crippen LogP contribution is 2.13. The molecular weight excluding hydrogens is 348 g/mol. The lowest BCUT2D eigenvalue weighted by Crippen LogP contribution is -2.07. The molecule has 2 heterocycles. The van der Waals surface area contributed by atoms with Gasteiger partial charge in [0, 0.05) is 29.3 Å². The van der Waals surface area contributed by atoms with Gasteiger partial charge in [0.1, 0.15) is 11.6 Å². The highest BCUT2D eigenvalue weighted by atomic mass is 35.5. The molecular formula is C15H17ClN6OS. The second kappa shape index (κ2) is 7.23. The van der Waals surface area contributed by atoms with Crippen LogP contribution in [-0.4, -0.2) is 34.0 Å². The number of nitrogens with zero attached hydrogens (tertiary/aromatic N) is 6. The molecule has 0 saturated carbocycles. The Kier molecular flexibility index (Phi) is 5.06. The highest BCUT2D eigenvalue weighted by molar-refractivity contribution is 7.83. The highest BCUT2D eigenvalue weighted by Gasteiger charge is 2.13. The summed E-state index contributed by atoms with van der Waals surface area (Å²) in [5, 5.41) is 17.0. The number of halogens is 1. The average molecular weight is 365 g/mol. The molecule has 0 N–H and O–H groups in total. The summed E-state index contributed by atoms with van der Waals surface area (Å²) >= 11 is 5.88. The number of hydrogen-bond acceptors (Lipinski definition) is 5. The first kappa shape index (κ1) is 16.8. The van der Waals surface area contributed by atoms with Gasteiger partial charge in [0.15, 0.2) is 0 Å². The molecule has 1 aromatic carbocycles. The molecule has 0 amide bonds. The van der Waals surface area contributed by atoms with Crippen LogP contribution in [0.2, 0.25) is 5.02 Å². The monoisotopic (exact) mass is 364 g/mol. The Morgan fingerprint density at radius 3 is 2.46 bits per heavy atom. The summed E-state index contributed by atoms with van der Waals surface area (Å²) in [7, 11) is 0.763. The van der Waals surface area contributed by atoms with E-state index >= 15 is 0 Å². The fourth-order valence-electron chi connectivity index (χ4n) is 2.28. The van der Waals surface area contributed by atoms with Crippen molar-refractivity contribution >= 4 is 22.4 Å². The Balaban J connectivity index is 1.66. The van der Waals surface area contributed by atoms with Gasteiger partial charge in [-0.25, -0.2) is 4.68 Å². The van der Waals surface area contributed by atoms with Crippen LogP contribution in [0.25, 0.3) is 5.69 Å². The quantitative estimate of drug-likeness (QED) is 0.669. The van der Waals surface area contributed by atoms with Gasteiger partial charge in [-0.1, -0.05) is 23.7 Å². The molecule has 7 nitrogen and oxygen atoms in total. The SMILES string of the molecule is CCc1nnc(CS(=O)Cc2cn(-c3ccc(Cl)cc3)nn2)n1C. The fourth-order valence-corrected chi connectivity index (χ4v) is 3.51. The molecule has 0 spiro atoms. The van der Waals surface area contributed by atoms with Gasteiger partial charge in [-0.3, -0.25) is 4.21 Å². The molecule has 0 aliphatic carbocycles. The van der Waals surface area contributed by atoms with Crippen molar-refractivity contribution in [1.82, 2.24) is 29.8 Å². The molecule has 126 valence electrons. The first-order valence-corrected chi connectivity index (χ1v) is 9.32. The molecule has 0 saturated heterocycles. The molecule has 0 fully saturated rings. The van der Waals surface area contributed by atoms with Crippen LogP contribution < -0.4 is 0 Å². The first-order valence-electron chi connectivity index (χ1n) is 7.46. The van der Waals surface area contributed by atoms with Gasteiger partial charge in [0.25, 0.3) is 0 Å². The van der Waals surface area contributed by atoms with Gasteiger partial charge < -0.3 is 4.57 Å². The second-order valence-electron chi connectivity index (χ2n) is 5.30. The molecule has 9 heteroatoms. The molecule has 24 heavy (non-hydrogen) atoms. The van der Waals surface area contributed by atoms with Gasteiger partial charge in [0.05, 0.1) is 29.1 Å². The molecule has 2 aromatic heterocycles. The standard InChI is InChI=1S/C15H17ClN6OS/c1-3-14-18-19-15(21(14)2)10-24(23)9-12-8-22(20-17-12)13-6-4-11(16)5-7-13/h4-8H,3,9-10H2,1-2H3. The van der Waals surface area contributed by atoms with E-state index in [4.69, 9.17) is 11.6 Å². The number of rotatable bonds is 6. The van der Waals surface area contributed by atoms with Crippen LogP contribution in [0.3, 0.4) is 0 Å². The van der Waals surface area contributed by atoms with Crippen molar-refractivity contribution in [3.63, 3.8) is 0 Å². The third-order valence-electron chi connectivity index (χ3n) is 3.60. The lowest BCUT2D eigenvalue weighted by atomic mass is 10.3. The minimum absolute atomic E-state index is 0.321. The van der Waals surface area contributed by atoms with Crippen LogP contribution in [0.5, 0.6) is 0 Å². The van der Waals surface area contributed by atoms with E-state index < -0.39 is 10.8 Å². The van der Waals surface area contributed by atoms with Crippen molar-refractivity contribution in [2.75, 3.05) is 0 Å². The Morgan fingerprint density at radius 2 is 1.79 bits per heavy atom. The van der Waals surface area contributed by atoms with Gasteiger partial charge in [0.2, 0.25) is 0 Å². The van der Waals surface area contributed by atoms with Crippen LogP contribution >= 0.6 is 11.6 Å². The van der Waals surface area contributed by atoms with Gasteiger partial charge >= 0.3 is 0 Å². The van der Waals surface area contributed by atoms with E-state index in [0.717, 1.165) is 23.8 Å². The van der Waals surface area contributed by atoms with Crippen molar-refractivity contribution in [3.05, 3.63) is 52.8 Å². The normalized spacial score (nSPS) is 12.5. The minimum Gasteiger partial charge on any atom is -0.317 e. The first-order chi connectivity index (χ1) is 11.6. The lowest BCUT2D eigenvalue weighted by molar-refractivity contribution is 0.677. The molecule has 0 bridgehead atoms. The predicted molar refractivity (Wildman–Crippen MR) is 92.3 cm³/mol. The molecule has 1 atom stereocenters. The summed E-state index contributed by atoms with van der Waals surface area (Å²) in [6.07, 6.45) is 2.57. The number of hydrogen-bond donors (Lipinski definition) is 0. The van der Waals surface area contributed by atoms with E-state index in [2.05, 4.69) is 20.5 Å². The maximum atomic E-state index is 12.4. The van der Waals surface area contributed by atoms with Crippen molar-refractivity contribution in [3.8, 4) is 5.69 Å². The Bertz CT molecular complexity index is 857. The summed E-state index contributed by atoms with van der Waals surface area (Å²) in [6.45, 7) is 2.01. The molecule has 3 aromatic rings. The van der Waals surface area contributed by atoms with E-state index in [1.807, 2.05) is 30.7 Å². The summed E-state index contributed by atoms with van der Waals surface area (Å²) in [4.78, 5) is 0. The Hall–Kier alpha value is -2.06. The molecule has 0 aliphatic heterocycles. The summed E-state index contributed by atoms with van der Waals surface area (Å²) in [6, 6.07) is 7.28. The topological polar surface area (TPSA) is 78.5 Å². The second-order valence-corrected chi connectivity index (χ2v) is 7.20. The minimum atomic E-state index is -1.13. The van der Waals surface area contributed by atoms with Gasteiger partial charge in [-0.05, 0) is 24.3 Å². The van der Waals surface area contributed by atoms with Gasteiger partial charge in [-0.15, -0.1) is 15.3 Å². The third-order valence-corrected chi connectivity index (χ3v) is 5.05. The molecule has 0 radical (unpaired) electrons. The smallest absolute Gasteiger partial charge is 0.145 e. The van der Waals surface area contributed by atoms with E-state index in [0.29, 0.717) is 22.2 Å². The van der Waals surface area contributed by atoms with Crippen LogP contribution in [-0.2, 0) is 35.8 Å². The van der Waals surface area contributed by atoms with E-state index in [-0.39, 0.29) is 0 Å². The Labute approximate surface area is 147 Å².